The van der Waals surface area contributed by atoms with Crippen molar-refractivity contribution in [3.63, 3.8) is 0 Å². The van der Waals surface area contributed by atoms with Crippen LogP contribution in [-0.4, -0.2) is 54.4 Å². The van der Waals surface area contributed by atoms with Gasteiger partial charge in [-0.25, -0.2) is 4.79 Å². The van der Waals surface area contributed by atoms with E-state index in [1.54, 1.807) is 4.90 Å². The van der Waals surface area contributed by atoms with Gasteiger partial charge in [0.05, 0.1) is 6.10 Å². The van der Waals surface area contributed by atoms with Gasteiger partial charge in [0.25, 0.3) is 0 Å². The fourth-order valence-corrected chi connectivity index (χ4v) is 2.67. The zero-order valence-electron chi connectivity index (χ0n) is 13.3. The van der Waals surface area contributed by atoms with E-state index in [0.717, 1.165) is 12.8 Å². The highest BCUT2D eigenvalue weighted by Gasteiger charge is 2.21. The summed E-state index contributed by atoms with van der Waals surface area (Å²) >= 11 is 0. The minimum Gasteiger partial charge on any atom is -0.481 e. The summed E-state index contributed by atoms with van der Waals surface area (Å²) in [6, 6.07) is -0.119. The second-order valence-corrected chi connectivity index (χ2v) is 6.26. The Kier molecular flexibility index (Phi) is 7.50. The lowest BCUT2D eigenvalue weighted by Gasteiger charge is -2.24. The number of carbonyl (C=O) groups excluding carboxylic acids is 1. The average Bonchev–Trinajstić information content (AvgIpc) is 2.59. The molecule has 0 bridgehead atoms. The van der Waals surface area contributed by atoms with Crippen LogP contribution in [0.3, 0.4) is 0 Å². The van der Waals surface area contributed by atoms with E-state index < -0.39 is 5.97 Å². The fraction of sp³-hybridized carbons (Fsp3) is 0.867. The highest BCUT2D eigenvalue weighted by Crippen LogP contribution is 2.15. The van der Waals surface area contributed by atoms with Crippen molar-refractivity contribution in [2.24, 2.45) is 11.8 Å². The van der Waals surface area contributed by atoms with E-state index in [1.807, 2.05) is 6.92 Å². The summed E-state index contributed by atoms with van der Waals surface area (Å²) in [5.74, 6) is -0.420. The van der Waals surface area contributed by atoms with Crippen LogP contribution in [0.25, 0.3) is 0 Å². The van der Waals surface area contributed by atoms with Crippen molar-refractivity contribution in [2.45, 2.75) is 46.1 Å². The summed E-state index contributed by atoms with van der Waals surface area (Å²) in [6.45, 7) is 8.44. The zero-order chi connectivity index (χ0) is 15.8. The molecule has 1 fully saturated rings. The van der Waals surface area contributed by atoms with E-state index in [2.05, 4.69) is 19.2 Å². The molecule has 2 atom stereocenters. The molecular formula is C15H28N2O4. The molecular weight excluding hydrogens is 272 g/mol. The van der Waals surface area contributed by atoms with Crippen molar-refractivity contribution in [1.82, 2.24) is 10.2 Å². The van der Waals surface area contributed by atoms with Crippen molar-refractivity contribution in [3.8, 4) is 0 Å². The number of carboxylic acid groups (broad SMARTS) is 1. The number of aliphatic carboxylic acids is 1. The van der Waals surface area contributed by atoms with E-state index in [4.69, 9.17) is 9.84 Å². The number of hydrogen-bond acceptors (Lipinski definition) is 3. The van der Waals surface area contributed by atoms with Crippen LogP contribution in [-0.2, 0) is 9.53 Å². The Morgan fingerprint density at radius 1 is 1.43 bits per heavy atom. The first kappa shape index (κ1) is 17.8. The van der Waals surface area contributed by atoms with Gasteiger partial charge < -0.3 is 20.1 Å². The molecule has 0 saturated carbocycles. The molecule has 2 amide bonds. The van der Waals surface area contributed by atoms with E-state index in [9.17, 15) is 9.59 Å². The third-order valence-corrected chi connectivity index (χ3v) is 3.55. The maximum absolute atomic E-state index is 12.2. The number of carbonyl (C=O) groups is 2. The Labute approximate surface area is 126 Å². The van der Waals surface area contributed by atoms with Crippen LogP contribution in [0, 0.1) is 11.8 Å². The molecule has 2 N–H and O–H groups in total. The predicted octanol–water partition coefficient (Wildman–Crippen LogP) is 1.94. The molecule has 6 nitrogen and oxygen atoms in total. The third kappa shape index (κ3) is 7.32. The lowest BCUT2D eigenvalue weighted by Crippen LogP contribution is -2.44. The summed E-state index contributed by atoms with van der Waals surface area (Å²) < 4.78 is 5.51. The first-order valence-corrected chi connectivity index (χ1v) is 7.74. The van der Waals surface area contributed by atoms with Crippen LogP contribution in [0.15, 0.2) is 0 Å². The first-order chi connectivity index (χ1) is 9.88. The van der Waals surface area contributed by atoms with E-state index in [0.29, 0.717) is 32.2 Å². The van der Waals surface area contributed by atoms with Crippen molar-refractivity contribution in [3.05, 3.63) is 0 Å². The summed E-state index contributed by atoms with van der Waals surface area (Å²) in [5.41, 5.74) is 0. The van der Waals surface area contributed by atoms with Gasteiger partial charge in [-0.05, 0) is 31.6 Å². The standard InChI is InChI=1S/C15H28N2O4/c1-11(2)7-13(8-14(18)19)9-16-15(20)17-5-4-6-21-12(3)10-17/h11-13H,4-10H2,1-3H3,(H,16,20)(H,18,19)/t12?,13-/m0/s1. The molecule has 0 aromatic carbocycles. The summed E-state index contributed by atoms with van der Waals surface area (Å²) in [7, 11) is 0. The SMILES string of the molecule is CC(C)C[C@H](CNC(=O)N1CCCOC(C)C1)CC(=O)O. The molecule has 0 aromatic heterocycles. The van der Waals surface area contributed by atoms with Crippen LogP contribution in [0.4, 0.5) is 4.79 Å². The van der Waals surface area contributed by atoms with Gasteiger partial charge in [0.15, 0.2) is 0 Å². The number of hydrogen-bond donors (Lipinski definition) is 2. The molecule has 21 heavy (non-hydrogen) atoms. The topological polar surface area (TPSA) is 78.9 Å². The Balaban J connectivity index is 2.45. The van der Waals surface area contributed by atoms with Gasteiger partial charge in [-0.1, -0.05) is 13.8 Å². The first-order valence-electron chi connectivity index (χ1n) is 7.74. The van der Waals surface area contributed by atoms with Crippen molar-refractivity contribution < 1.29 is 19.4 Å². The van der Waals surface area contributed by atoms with Gasteiger partial charge in [0, 0.05) is 32.7 Å². The average molecular weight is 300 g/mol. The molecule has 0 aliphatic carbocycles. The van der Waals surface area contributed by atoms with Crippen molar-refractivity contribution >= 4 is 12.0 Å². The maximum atomic E-state index is 12.2. The van der Waals surface area contributed by atoms with E-state index >= 15 is 0 Å². The number of ether oxygens (including phenoxy) is 1. The molecule has 1 unspecified atom stereocenters. The van der Waals surface area contributed by atoms with Gasteiger partial charge in [0.2, 0.25) is 0 Å². The molecule has 1 heterocycles. The minimum atomic E-state index is -0.813. The molecule has 1 rings (SSSR count). The number of urea groups is 1. The van der Waals surface area contributed by atoms with E-state index in [-0.39, 0.29) is 24.5 Å². The molecule has 0 radical (unpaired) electrons. The molecule has 1 aliphatic heterocycles. The van der Waals surface area contributed by atoms with Crippen LogP contribution < -0.4 is 5.32 Å². The maximum Gasteiger partial charge on any atom is 0.317 e. The van der Waals surface area contributed by atoms with Crippen molar-refractivity contribution in [2.75, 3.05) is 26.2 Å². The highest BCUT2D eigenvalue weighted by atomic mass is 16.5. The molecule has 122 valence electrons. The van der Waals surface area contributed by atoms with Crippen LogP contribution >= 0.6 is 0 Å². The zero-order valence-corrected chi connectivity index (χ0v) is 13.3. The number of amides is 2. The predicted molar refractivity (Wildman–Crippen MR) is 80.2 cm³/mol. The summed E-state index contributed by atoms with van der Waals surface area (Å²) in [5, 5.41) is 11.8. The molecule has 6 heteroatoms. The number of nitrogens with zero attached hydrogens (tertiary/aromatic N) is 1. The minimum absolute atomic E-state index is 0.0212. The van der Waals surface area contributed by atoms with E-state index in [1.165, 1.54) is 0 Å². The normalized spacial score (nSPS) is 21.0. The Morgan fingerprint density at radius 3 is 2.76 bits per heavy atom. The van der Waals surface area contributed by atoms with Gasteiger partial charge >= 0.3 is 12.0 Å². The van der Waals surface area contributed by atoms with Crippen molar-refractivity contribution in [1.29, 1.82) is 0 Å². The summed E-state index contributed by atoms with van der Waals surface area (Å²) in [6.07, 6.45) is 1.77. The lowest BCUT2D eigenvalue weighted by molar-refractivity contribution is -0.138. The second kappa shape index (κ2) is 8.87. The van der Waals surface area contributed by atoms with Gasteiger partial charge in [-0.3, -0.25) is 4.79 Å². The Bertz CT molecular complexity index is 347. The smallest absolute Gasteiger partial charge is 0.317 e. The lowest BCUT2D eigenvalue weighted by atomic mass is 9.94. The molecule has 0 spiro atoms. The second-order valence-electron chi connectivity index (χ2n) is 6.26. The monoisotopic (exact) mass is 300 g/mol. The van der Waals surface area contributed by atoms with Gasteiger partial charge in [0.1, 0.15) is 0 Å². The van der Waals surface area contributed by atoms with Crippen LogP contribution in [0.1, 0.15) is 40.0 Å². The molecule has 1 aliphatic rings. The number of nitrogens with one attached hydrogen (secondary N) is 1. The molecule has 0 aromatic rings. The van der Waals surface area contributed by atoms with Gasteiger partial charge in [-0.2, -0.15) is 0 Å². The summed E-state index contributed by atoms with van der Waals surface area (Å²) in [4.78, 5) is 24.8. The third-order valence-electron chi connectivity index (χ3n) is 3.55. The number of rotatable bonds is 6. The van der Waals surface area contributed by atoms with Crippen LogP contribution in [0.2, 0.25) is 0 Å². The fourth-order valence-electron chi connectivity index (χ4n) is 2.67. The highest BCUT2D eigenvalue weighted by molar-refractivity contribution is 5.74. The Morgan fingerprint density at radius 2 is 2.14 bits per heavy atom. The largest absolute Gasteiger partial charge is 0.481 e. The van der Waals surface area contributed by atoms with Gasteiger partial charge in [-0.15, -0.1) is 0 Å². The molecule has 1 saturated heterocycles. The van der Waals surface area contributed by atoms with Crippen LogP contribution in [0.5, 0.6) is 0 Å². The Hall–Kier alpha value is -1.30. The number of carboxylic acids is 1. The quantitative estimate of drug-likeness (QED) is 0.786.